The lowest BCUT2D eigenvalue weighted by Gasteiger charge is -2.03. The fourth-order valence-electron chi connectivity index (χ4n) is 4.70. The van der Waals surface area contributed by atoms with Crippen LogP contribution in [0.3, 0.4) is 0 Å². The van der Waals surface area contributed by atoms with Crippen LogP contribution in [0.1, 0.15) is 86.1 Å². The van der Waals surface area contributed by atoms with Crippen molar-refractivity contribution in [3.63, 3.8) is 0 Å². The Morgan fingerprint density at radius 2 is 0.930 bits per heavy atom. The van der Waals surface area contributed by atoms with Gasteiger partial charge in [0, 0.05) is 29.3 Å². The lowest BCUT2D eigenvalue weighted by molar-refractivity contribution is 0.668. The molecule has 6 nitrogen and oxygen atoms in total. The van der Waals surface area contributed by atoms with Gasteiger partial charge in [-0.05, 0) is 61.1 Å². The van der Waals surface area contributed by atoms with E-state index in [1.165, 1.54) is 22.7 Å². The highest BCUT2D eigenvalue weighted by Gasteiger charge is 2.21. The molecule has 0 spiro atoms. The average Bonchev–Trinajstić information content (AvgIpc) is 3.77. The van der Waals surface area contributed by atoms with E-state index in [1.807, 2.05) is 36.4 Å². The van der Waals surface area contributed by atoms with E-state index >= 15 is 0 Å². The van der Waals surface area contributed by atoms with Crippen molar-refractivity contribution in [2.24, 2.45) is 0 Å². The van der Waals surface area contributed by atoms with Crippen LogP contribution in [0, 0.1) is 68.0 Å². The fraction of sp³-hybridized carbons (Fsp3) is 0.353. The Labute approximate surface area is 265 Å². The van der Waals surface area contributed by atoms with E-state index < -0.39 is 0 Å². The molecule has 0 N–H and O–H groups in total. The standard InChI is InChI=1S/C34H30N6S3/c1-3-5-7-9-11-23-15-31(27(21-39)25(17-35)18-36)42-33(23)29-13-14-30(41-29)34-24(12-10-8-6-4-2)16-32(43-34)28(22-40)26(19-37)20-38/h13-16H,3-12H2,1-2H3. The van der Waals surface area contributed by atoms with Crippen molar-refractivity contribution in [2.45, 2.75) is 78.1 Å². The van der Waals surface area contributed by atoms with Crippen LogP contribution < -0.4 is 0 Å². The second-order valence-electron chi connectivity index (χ2n) is 9.89. The summed E-state index contributed by atoms with van der Waals surface area (Å²) < 4.78 is 0. The quantitative estimate of drug-likeness (QED) is 0.130. The zero-order valence-electron chi connectivity index (χ0n) is 24.3. The van der Waals surface area contributed by atoms with E-state index in [0.717, 1.165) is 94.8 Å². The Morgan fingerprint density at radius 1 is 0.535 bits per heavy atom. The van der Waals surface area contributed by atoms with Crippen molar-refractivity contribution in [1.29, 1.82) is 31.6 Å². The maximum atomic E-state index is 9.79. The number of hydrogen-bond acceptors (Lipinski definition) is 9. The zero-order chi connectivity index (χ0) is 31.2. The average molecular weight is 619 g/mol. The summed E-state index contributed by atoms with van der Waals surface area (Å²) in [5.41, 5.74) is 2.03. The highest BCUT2D eigenvalue weighted by Crippen LogP contribution is 2.46. The Hall–Kier alpha value is -4.48. The molecule has 0 aromatic carbocycles. The van der Waals surface area contributed by atoms with Crippen molar-refractivity contribution >= 4 is 45.2 Å². The Morgan fingerprint density at radius 3 is 1.26 bits per heavy atom. The van der Waals surface area contributed by atoms with Gasteiger partial charge in [0.15, 0.2) is 0 Å². The molecule has 0 aliphatic carbocycles. The molecule has 0 atom stereocenters. The van der Waals surface area contributed by atoms with Crippen LogP contribution in [-0.4, -0.2) is 0 Å². The molecular formula is C34H30N6S3. The number of hydrogen-bond donors (Lipinski definition) is 0. The third kappa shape index (κ3) is 8.08. The van der Waals surface area contributed by atoms with Gasteiger partial charge >= 0.3 is 0 Å². The number of thiophene rings is 3. The number of rotatable bonds is 14. The van der Waals surface area contributed by atoms with E-state index in [1.54, 1.807) is 11.3 Å². The van der Waals surface area contributed by atoms with Crippen LogP contribution in [0.2, 0.25) is 0 Å². The van der Waals surface area contributed by atoms with Gasteiger partial charge < -0.3 is 0 Å². The van der Waals surface area contributed by atoms with Crippen LogP contribution in [0.5, 0.6) is 0 Å². The molecule has 3 rings (SSSR count). The molecule has 0 radical (unpaired) electrons. The molecule has 0 amide bonds. The van der Waals surface area contributed by atoms with Crippen LogP contribution in [-0.2, 0) is 12.8 Å². The van der Waals surface area contributed by atoms with Gasteiger partial charge in [-0.3, -0.25) is 0 Å². The summed E-state index contributed by atoms with van der Waals surface area (Å²) in [5, 5.41) is 57.3. The van der Waals surface area contributed by atoms with Crippen LogP contribution in [0.4, 0.5) is 0 Å². The maximum Gasteiger partial charge on any atom is 0.148 e. The molecule has 3 aromatic rings. The summed E-state index contributed by atoms with van der Waals surface area (Å²) in [6, 6.07) is 19.6. The molecule has 9 heteroatoms. The summed E-state index contributed by atoms with van der Waals surface area (Å²) in [6.45, 7) is 4.34. The molecule has 0 unspecified atom stereocenters. The third-order valence-electron chi connectivity index (χ3n) is 6.93. The molecule has 0 bridgehead atoms. The number of allylic oxidation sites excluding steroid dienone is 4. The monoisotopic (exact) mass is 618 g/mol. The molecule has 0 aliphatic rings. The zero-order valence-corrected chi connectivity index (χ0v) is 26.7. The maximum absolute atomic E-state index is 9.79. The lowest BCUT2D eigenvalue weighted by atomic mass is 10.0. The van der Waals surface area contributed by atoms with Gasteiger partial charge in [-0.1, -0.05) is 52.4 Å². The molecule has 0 aliphatic heterocycles. The minimum Gasteiger partial charge on any atom is -0.192 e. The van der Waals surface area contributed by atoms with Gasteiger partial charge in [-0.2, -0.15) is 31.6 Å². The van der Waals surface area contributed by atoms with Crippen molar-refractivity contribution in [2.75, 3.05) is 0 Å². The number of aryl methyl sites for hydroxylation is 2. The minimum atomic E-state index is -0.186. The molecule has 0 saturated carbocycles. The smallest absolute Gasteiger partial charge is 0.148 e. The lowest BCUT2D eigenvalue weighted by Crippen LogP contribution is -1.86. The van der Waals surface area contributed by atoms with Gasteiger partial charge in [-0.25, -0.2) is 0 Å². The van der Waals surface area contributed by atoms with Gasteiger partial charge in [-0.15, -0.1) is 34.0 Å². The Bertz CT molecular complexity index is 1610. The summed E-state index contributed by atoms with van der Waals surface area (Å²) in [4.78, 5) is 5.36. The predicted octanol–water partition coefficient (Wildman–Crippen LogP) is 10.1. The summed E-state index contributed by atoms with van der Waals surface area (Å²) in [7, 11) is 0. The van der Waals surface area contributed by atoms with E-state index in [9.17, 15) is 31.6 Å². The highest BCUT2D eigenvalue weighted by atomic mass is 32.1. The number of nitrogens with zero attached hydrogens (tertiary/aromatic N) is 6. The predicted molar refractivity (Wildman–Crippen MR) is 174 cm³/mol. The van der Waals surface area contributed by atoms with Crippen LogP contribution in [0.25, 0.3) is 30.7 Å². The van der Waals surface area contributed by atoms with Gasteiger partial charge in [0.25, 0.3) is 0 Å². The Balaban J connectivity index is 2.12. The number of nitriles is 6. The summed E-state index contributed by atoms with van der Waals surface area (Å²) in [6.07, 6.45) is 10.4. The van der Waals surface area contributed by atoms with Crippen molar-refractivity contribution in [3.05, 3.63) is 56.3 Å². The largest absolute Gasteiger partial charge is 0.192 e. The SMILES string of the molecule is CCCCCCc1cc(C(C#N)=C(C#N)C#N)sc1-c1ccc(-c2sc(C(C#N)=C(C#N)C#N)cc2CCCCCC)s1. The molecule has 214 valence electrons. The first-order valence-electron chi connectivity index (χ1n) is 14.3. The molecular weight excluding hydrogens is 589 g/mol. The van der Waals surface area contributed by atoms with E-state index in [4.69, 9.17) is 0 Å². The fourth-order valence-corrected chi connectivity index (χ4v) is 8.42. The summed E-state index contributed by atoms with van der Waals surface area (Å²) in [5.74, 6) is 0. The topological polar surface area (TPSA) is 143 Å². The second kappa shape index (κ2) is 16.8. The molecule has 0 saturated heterocycles. The van der Waals surface area contributed by atoms with E-state index in [-0.39, 0.29) is 22.3 Å². The molecule has 3 heterocycles. The second-order valence-corrected chi connectivity index (χ2v) is 13.1. The van der Waals surface area contributed by atoms with Crippen LogP contribution >= 0.6 is 34.0 Å². The number of unbranched alkanes of at least 4 members (excludes halogenated alkanes) is 6. The van der Waals surface area contributed by atoms with E-state index in [2.05, 4.69) is 38.1 Å². The van der Waals surface area contributed by atoms with Gasteiger partial charge in [0.2, 0.25) is 0 Å². The molecule has 3 aromatic heterocycles. The molecule has 43 heavy (non-hydrogen) atoms. The van der Waals surface area contributed by atoms with Gasteiger partial charge in [0.1, 0.15) is 47.6 Å². The first-order chi connectivity index (χ1) is 21.0. The third-order valence-corrected chi connectivity index (χ3v) is 10.8. The first-order valence-corrected chi connectivity index (χ1v) is 16.7. The minimum absolute atomic E-state index is 0.103. The van der Waals surface area contributed by atoms with Crippen LogP contribution in [0.15, 0.2) is 35.4 Å². The van der Waals surface area contributed by atoms with Crippen molar-refractivity contribution in [1.82, 2.24) is 0 Å². The van der Waals surface area contributed by atoms with Gasteiger partial charge in [0.05, 0.1) is 11.1 Å². The van der Waals surface area contributed by atoms with E-state index in [0.29, 0.717) is 9.75 Å². The van der Waals surface area contributed by atoms with Crippen molar-refractivity contribution in [3.8, 4) is 55.9 Å². The molecule has 0 fully saturated rings. The van der Waals surface area contributed by atoms with Crippen molar-refractivity contribution < 1.29 is 0 Å². The highest BCUT2D eigenvalue weighted by molar-refractivity contribution is 7.27. The first kappa shape index (κ1) is 33.0. The normalized spacial score (nSPS) is 9.95. The summed E-state index contributed by atoms with van der Waals surface area (Å²) >= 11 is 4.49. The Kier molecular flexibility index (Phi) is 12.9.